The van der Waals surface area contributed by atoms with Crippen LogP contribution in [0.1, 0.15) is 17.2 Å². The van der Waals surface area contributed by atoms with Crippen LogP contribution in [-0.2, 0) is 14.3 Å². The number of benzene rings is 3. The maximum atomic E-state index is 13.2. The first-order chi connectivity index (χ1) is 19.5. The smallest absolute Gasteiger partial charge is 0.330 e. The Balaban J connectivity index is 1.44. The number of rotatable bonds is 5. The molecule has 2 heterocycles. The summed E-state index contributed by atoms with van der Waals surface area (Å²) in [7, 11) is 0. The number of hydrogen-bond donors (Lipinski definition) is 8. The van der Waals surface area contributed by atoms with Gasteiger partial charge >= 0.3 is 5.97 Å². The molecule has 214 valence electrons. The van der Waals surface area contributed by atoms with Crippen molar-refractivity contribution < 1.29 is 59.5 Å². The second-order valence-electron chi connectivity index (χ2n) is 9.42. The van der Waals surface area contributed by atoms with Gasteiger partial charge in [0.05, 0.1) is 10.9 Å². The van der Waals surface area contributed by atoms with Crippen LogP contribution in [0.15, 0.2) is 57.8 Å². The van der Waals surface area contributed by atoms with Gasteiger partial charge in [0.25, 0.3) is 0 Å². The second-order valence-corrected chi connectivity index (χ2v) is 9.42. The molecule has 1 aromatic heterocycles. The zero-order valence-electron chi connectivity index (χ0n) is 20.9. The molecule has 0 amide bonds. The van der Waals surface area contributed by atoms with E-state index in [1.54, 1.807) is 12.1 Å². The van der Waals surface area contributed by atoms with Gasteiger partial charge in [0.15, 0.2) is 11.5 Å². The van der Waals surface area contributed by atoms with Crippen LogP contribution in [0.3, 0.4) is 0 Å². The van der Waals surface area contributed by atoms with Gasteiger partial charge in [0, 0.05) is 18.2 Å². The fourth-order valence-electron chi connectivity index (χ4n) is 4.59. The Kier molecular flexibility index (Phi) is 7.19. The van der Waals surface area contributed by atoms with E-state index < -0.39 is 82.5 Å². The number of aliphatic hydroxyl groups excluding tert-OH is 3. The van der Waals surface area contributed by atoms with Gasteiger partial charge < -0.3 is 54.7 Å². The lowest BCUT2D eigenvalue weighted by Crippen LogP contribution is -2.55. The summed E-state index contributed by atoms with van der Waals surface area (Å²) in [6.45, 7) is -0.606. The van der Waals surface area contributed by atoms with Crippen molar-refractivity contribution in [2.75, 3.05) is 6.61 Å². The standard InChI is InChI=1S/C28H24O13/c29-12-4-1-11(2-5-12)3-6-20(33)39-10-19-24(35)26(37)27(38)28(41-19)21-16(32)9-18-22(25(21)36)23(34)13-7-14(30)15(31)8-17(13)40-18/h1-9,19,24,26-32,35-38H,10H2/t19-,24-,26+,27-,28+/m1/s1. The van der Waals surface area contributed by atoms with E-state index in [1.165, 1.54) is 18.2 Å². The number of esters is 1. The number of ether oxygens (including phenoxy) is 2. The summed E-state index contributed by atoms with van der Waals surface area (Å²) < 4.78 is 16.3. The first-order valence-corrected chi connectivity index (χ1v) is 12.2. The van der Waals surface area contributed by atoms with Crippen molar-refractivity contribution in [2.45, 2.75) is 30.5 Å². The first kappa shape index (κ1) is 27.7. The minimum absolute atomic E-state index is 0.0424. The maximum absolute atomic E-state index is 13.2. The van der Waals surface area contributed by atoms with Crippen molar-refractivity contribution in [2.24, 2.45) is 0 Å². The lowest BCUT2D eigenvalue weighted by atomic mass is 9.89. The average Bonchev–Trinajstić information content (AvgIpc) is 2.93. The molecule has 13 heteroatoms. The van der Waals surface area contributed by atoms with Gasteiger partial charge in [-0.3, -0.25) is 4.79 Å². The minimum Gasteiger partial charge on any atom is -0.508 e. The average molecular weight is 568 g/mol. The van der Waals surface area contributed by atoms with Crippen LogP contribution in [0.25, 0.3) is 28.0 Å². The van der Waals surface area contributed by atoms with E-state index in [4.69, 9.17) is 13.9 Å². The fourth-order valence-corrected chi connectivity index (χ4v) is 4.59. The third-order valence-corrected chi connectivity index (χ3v) is 6.74. The van der Waals surface area contributed by atoms with Crippen LogP contribution < -0.4 is 5.43 Å². The summed E-state index contributed by atoms with van der Waals surface area (Å²) in [5, 5.41) is 81.5. The Morgan fingerprint density at radius 2 is 1.51 bits per heavy atom. The minimum atomic E-state index is -1.91. The molecule has 5 rings (SSSR count). The molecule has 1 aliphatic rings. The highest BCUT2D eigenvalue weighted by molar-refractivity contribution is 5.96. The Morgan fingerprint density at radius 1 is 0.854 bits per heavy atom. The highest BCUT2D eigenvalue weighted by Crippen LogP contribution is 2.45. The molecule has 8 N–H and O–H groups in total. The molecule has 0 aliphatic carbocycles. The third-order valence-electron chi connectivity index (χ3n) is 6.74. The Morgan fingerprint density at radius 3 is 2.22 bits per heavy atom. The zero-order chi connectivity index (χ0) is 29.6. The van der Waals surface area contributed by atoms with E-state index in [9.17, 15) is 50.4 Å². The second kappa shape index (κ2) is 10.6. The van der Waals surface area contributed by atoms with Crippen LogP contribution in [0.4, 0.5) is 0 Å². The molecule has 13 nitrogen and oxygen atoms in total. The van der Waals surface area contributed by atoms with Crippen molar-refractivity contribution in [3.05, 3.63) is 69.9 Å². The topological polar surface area (TPSA) is 228 Å². The Labute approximate surface area is 229 Å². The van der Waals surface area contributed by atoms with E-state index in [0.717, 1.165) is 24.3 Å². The van der Waals surface area contributed by atoms with Gasteiger partial charge in [-0.05, 0) is 29.8 Å². The number of aliphatic hydroxyl groups is 3. The largest absolute Gasteiger partial charge is 0.508 e. The van der Waals surface area contributed by atoms with Crippen LogP contribution in [0.5, 0.6) is 28.7 Å². The molecule has 5 atom stereocenters. The molecule has 0 radical (unpaired) electrons. The van der Waals surface area contributed by atoms with Gasteiger partial charge in [0.1, 0.15) is 70.9 Å². The molecule has 0 spiro atoms. The highest BCUT2D eigenvalue weighted by Gasteiger charge is 2.46. The van der Waals surface area contributed by atoms with E-state index >= 15 is 0 Å². The number of aromatic hydroxyl groups is 5. The van der Waals surface area contributed by atoms with Crippen molar-refractivity contribution in [1.82, 2.24) is 0 Å². The van der Waals surface area contributed by atoms with Gasteiger partial charge in [-0.25, -0.2) is 4.79 Å². The normalized spacial score (nSPS) is 22.9. The summed E-state index contributed by atoms with van der Waals surface area (Å²) in [5.41, 5.74) is -1.25. The fraction of sp³-hybridized carbons (Fsp3) is 0.214. The molecule has 3 aromatic carbocycles. The quantitative estimate of drug-likeness (QED) is 0.0735. The number of fused-ring (bicyclic) bond motifs is 2. The molecule has 1 saturated heterocycles. The summed E-state index contributed by atoms with van der Waals surface area (Å²) in [6, 6.07) is 8.79. The zero-order valence-corrected chi connectivity index (χ0v) is 20.9. The predicted octanol–water partition coefficient (Wildman–Crippen LogP) is 1.25. The molecule has 4 aromatic rings. The highest BCUT2D eigenvalue weighted by atomic mass is 16.6. The lowest BCUT2D eigenvalue weighted by Gasteiger charge is -2.40. The predicted molar refractivity (Wildman–Crippen MR) is 140 cm³/mol. The van der Waals surface area contributed by atoms with Crippen LogP contribution in [0.2, 0.25) is 0 Å². The molecule has 0 unspecified atom stereocenters. The van der Waals surface area contributed by atoms with E-state index in [2.05, 4.69) is 0 Å². The Hall–Kier alpha value is -4.82. The van der Waals surface area contributed by atoms with Crippen LogP contribution in [0, 0.1) is 0 Å². The van der Waals surface area contributed by atoms with E-state index in [-0.39, 0.29) is 22.3 Å². The number of hydrogen-bond acceptors (Lipinski definition) is 13. The molecule has 0 bridgehead atoms. The lowest BCUT2D eigenvalue weighted by molar-refractivity contribution is -0.234. The van der Waals surface area contributed by atoms with Gasteiger partial charge in [0.2, 0.25) is 5.43 Å². The molecule has 41 heavy (non-hydrogen) atoms. The van der Waals surface area contributed by atoms with E-state index in [0.29, 0.717) is 5.56 Å². The van der Waals surface area contributed by atoms with Crippen molar-refractivity contribution in [3.63, 3.8) is 0 Å². The molecular formula is C28H24O13. The summed E-state index contributed by atoms with van der Waals surface area (Å²) in [5.74, 6) is -3.58. The molecule has 1 aliphatic heterocycles. The number of phenolic OH excluding ortho intramolecular Hbond substituents is 5. The molecule has 0 saturated carbocycles. The third kappa shape index (κ3) is 5.10. The monoisotopic (exact) mass is 568 g/mol. The van der Waals surface area contributed by atoms with Gasteiger partial charge in [-0.2, -0.15) is 0 Å². The van der Waals surface area contributed by atoms with Crippen LogP contribution >= 0.6 is 0 Å². The SMILES string of the molecule is O=C(C=Cc1ccc(O)cc1)OC[C@H]1O[C@@H](c2c(O)cc3oc4cc(O)c(O)cc4c(=O)c3c2O)[C@H](O)[C@@H](O)[C@@H]1O. The van der Waals surface area contributed by atoms with Crippen molar-refractivity contribution in [1.29, 1.82) is 0 Å². The number of carbonyl (C=O) groups is 1. The van der Waals surface area contributed by atoms with E-state index in [1.807, 2.05) is 0 Å². The maximum Gasteiger partial charge on any atom is 0.330 e. The summed E-state index contributed by atoms with van der Waals surface area (Å²) in [4.78, 5) is 25.4. The van der Waals surface area contributed by atoms with Crippen LogP contribution in [-0.4, -0.2) is 77.8 Å². The van der Waals surface area contributed by atoms with Gasteiger partial charge in [-0.1, -0.05) is 12.1 Å². The molecular weight excluding hydrogens is 544 g/mol. The number of carbonyl (C=O) groups excluding carboxylic acids is 1. The first-order valence-electron chi connectivity index (χ1n) is 12.2. The number of phenols is 5. The molecule has 1 fully saturated rings. The van der Waals surface area contributed by atoms with Crippen molar-refractivity contribution >= 4 is 34.0 Å². The summed E-state index contributed by atoms with van der Waals surface area (Å²) >= 11 is 0. The van der Waals surface area contributed by atoms with Gasteiger partial charge in [-0.15, -0.1) is 0 Å². The summed E-state index contributed by atoms with van der Waals surface area (Å²) in [6.07, 6.45) is -6.20. The van der Waals surface area contributed by atoms with Crippen molar-refractivity contribution in [3.8, 4) is 28.7 Å². The Bertz CT molecular complexity index is 1720.